The zero-order valence-electron chi connectivity index (χ0n) is 14.8. The van der Waals surface area contributed by atoms with Crippen LogP contribution in [0.4, 0.5) is 0 Å². The highest BCUT2D eigenvalue weighted by Gasteiger charge is 2.33. The van der Waals surface area contributed by atoms with Crippen molar-refractivity contribution in [1.82, 2.24) is 9.29 Å². The molecule has 0 saturated carbocycles. The van der Waals surface area contributed by atoms with E-state index in [1.807, 2.05) is 42.5 Å². The summed E-state index contributed by atoms with van der Waals surface area (Å²) in [6.45, 7) is 0.640. The molecule has 1 atom stereocenters. The number of sulfonamides is 1. The Balaban J connectivity index is 1.58. The summed E-state index contributed by atoms with van der Waals surface area (Å²) in [5.41, 5.74) is 0.638. The molecule has 3 aromatic rings. The molecule has 0 aliphatic carbocycles. The minimum atomic E-state index is -3.63. The minimum Gasteiger partial charge on any atom is -0.294 e. The molecule has 0 spiro atoms. The largest absolute Gasteiger partial charge is 0.294 e. The summed E-state index contributed by atoms with van der Waals surface area (Å²) in [5.74, 6) is -0.321. The molecule has 1 aromatic heterocycles. The lowest BCUT2D eigenvalue weighted by Gasteiger charge is -2.31. The van der Waals surface area contributed by atoms with Crippen molar-refractivity contribution in [2.24, 2.45) is 5.92 Å². The van der Waals surface area contributed by atoms with Crippen molar-refractivity contribution >= 4 is 26.6 Å². The van der Waals surface area contributed by atoms with Crippen LogP contribution in [0.15, 0.2) is 71.9 Å². The summed E-state index contributed by atoms with van der Waals surface area (Å²) < 4.78 is 27.1. The van der Waals surface area contributed by atoms with Crippen molar-refractivity contribution in [2.45, 2.75) is 17.7 Å². The molecular formula is C21H20N2O3S. The third kappa shape index (κ3) is 3.50. The summed E-state index contributed by atoms with van der Waals surface area (Å²) in [4.78, 5) is 17.1. The Morgan fingerprint density at radius 2 is 1.85 bits per heavy atom. The summed E-state index contributed by atoms with van der Waals surface area (Å²) in [6, 6.07) is 16.7. The molecule has 0 amide bonds. The number of hydrogen-bond acceptors (Lipinski definition) is 4. The van der Waals surface area contributed by atoms with Crippen LogP contribution in [-0.4, -0.2) is 36.6 Å². The van der Waals surface area contributed by atoms with Crippen LogP contribution in [0.25, 0.3) is 10.8 Å². The van der Waals surface area contributed by atoms with Crippen LogP contribution in [-0.2, 0) is 10.0 Å². The van der Waals surface area contributed by atoms with E-state index < -0.39 is 10.0 Å². The van der Waals surface area contributed by atoms with Gasteiger partial charge in [-0.25, -0.2) is 8.42 Å². The topological polar surface area (TPSA) is 67.3 Å². The van der Waals surface area contributed by atoms with Gasteiger partial charge in [-0.1, -0.05) is 36.4 Å². The van der Waals surface area contributed by atoms with Gasteiger partial charge in [0, 0.05) is 37.0 Å². The molecule has 2 aromatic carbocycles. The van der Waals surface area contributed by atoms with Crippen LogP contribution in [0.1, 0.15) is 23.2 Å². The second kappa shape index (κ2) is 7.21. The van der Waals surface area contributed by atoms with Gasteiger partial charge in [-0.2, -0.15) is 4.31 Å². The second-order valence-corrected chi connectivity index (χ2v) is 8.76. The number of piperidine rings is 1. The van der Waals surface area contributed by atoms with Crippen LogP contribution in [0.2, 0.25) is 0 Å². The summed E-state index contributed by atoms with van der Waals surface area (Å²) in [6.07, 6.45) is 4.26. The van der Waals surface area contributed by atoms with Gasteiger partial charge in [-0.3, -0.25) is 9.78 Å². The SMILES string of the molecule is O=C(c1ccc2ccccc2c1)[C@@H]1CCCN(S(=O)(=O)c2cccnc2)C1. The van der Waals surface area contributed by atoms with E-state index in [0.29, 0.717) is 24.9 Å². The second-order valence-electron chi connectivity index (χ2n) is 6.82. The Hall–Kier alpha value is -2.57. The first kappa shape index (κ1) is 17.8. The molecule has 4 rings (SSSR count). The smallest absolute Gasteiger partial charge is 0.244 e. The van der Waals surface area contributed by atoms with Crippen molar-refractivity contribution in [3.8, 4) is 0 Å². The predicted octanol–water partition coefficient (Wildman–Crippen LogP) is 3.52. The zero-order valence-corrected chi connectivity index (χ0v) is 15.6. The van der Waals surface area contributed by atoms with Gasteiger partial charge in [0.2, 0.25) is 10.0 Å². The highest BCUT2D eigenvalue weighted by Crippen LogP contribution is 2.27. The van der Waals surface area contributed by atoms with E-state index in [1.54, 1.807) is 12.3 Å². The summed E-state index contributed by atoms with van der Waals surface area (Å²) >= 11 is 0. The highest BCUT2D eigenvalue weighted by molar-refractivity contribution is 7.89. The number of pyridine rings is 1. The molecule has 0 unspecified atom stereocenters. The first-order valence-electron chi connectivity index (χ1n) is 8.99. The maximum Gasteiger partial charge on any atom is 0.244 e. The molecule has 1 aliphatic heterocycles. The zero-order chi connectivity index (χ0) is 18.9. The molecule has 2 heterocycles. The predicted molar refractivity (Wildman–Crippen MR) is 104 cm³/mol. The minimum absolute atomic E-state index is 0.00633. The van der Waals surface area contributed by atoms with Crippen LogP contribution >= 0.6 is 0 Å². The van der Waals surface area contributed by atoms with Crippen LogP contribution in [0.3, 0.4) is 0 Å². The molecule has 0 N–H and O–H groups in total. The number of hydrogen-bond donors (Lipinski definition) is 0. The molecule has 0 bridgehead atoms. The van der Waals surface area contributed by atoms with E-state index in [1.165, 1.54) is 16.6 Å². The summed E-state index contributed by atoms with van der Waals surface area (Å²) in [7, 11) is -3.63. The Morgan fingerprint density at radius 1 is 1.04 bits per heavy atom. The average Bonchev–Trinajstić information content (AvgIpc) is 2.73. The van der Waals surface area contributed by atoms with Crippen molar-refractivity contribution < 1.29 is 13.2 Å². The molecule has 6 heteroatoms. The number of fused-ring (bicyclic) bond motifs is 1. The van der Waals surface area contributed by atoms with E-state index in [2.05, 4.69) is 4.98 Å². The Morgan fingerprint density at radius 3 is 2.63 bits per heavy atom. The number of nitrogens with zero attached hydrogens (tertiary/aromatic N) is 2. The normalized spacial score (nSPS) is 18.4. The van der Waals surface area contributed by atoms with E-state index >= 15 is 0 Å². The number of Topliss-reactive ketones (excluding diaryl/α,β-unsaturated/α-hetero) is 1. The average molecular weight is 380 g/mol. The molecule has 5 nitrogen and oxygen atoms in total. The lowest BCUT2D eigenvalue weighted by atomic mass is 9.90. The van der Waals surface area contributed by atoms with E-state index in [0.717, 1.165) is 10.8 Å². The first-order valence-corrected chi connectivity index (χ1v) is 10.4. The van der Waals surface area contributed by atoms with Crippen molar-refractivity contribution in [3.05, 3.63) is 72.6 Å². The van der Waals surface area contributed by atoms with E-state index in [4.69, 9.17) is 0 Å². The fourth-order valence-electron chi connectivity index (χ4n) is 3.60. The number of ketones is 1. The van der Waals surface area contributed by atoms with E-state index in [9.17, 15) is 13.2 Å². The fourth-order valence-corrected chi connectivity index (χ4v) is 5.09. The number of aromatic nitrogens is 1. The van der Waals surface area contributed by atoms with Crippen molar-refractivity contribution in [2.75, 3.05) is 13.1 Å². The van der Waals surface area contributed by atoms with Crippen LogP contribution in [0, 0.1) is 5.92 Å². The van der Waals surface area contributed by atoms with Gasteiger partial charge >= 0.3 is 0 Å². The van der Waals surface area contributed by atoms with Crippen molar-refractivity contribution in [1.29, 1.82) is 0 Å². The summed E-state index contributed by atoms with van der Waals surface area (Å²) in [5, 5.41) is 2.09. The number of carbonyl (C=O) groups is 1. The molecule has 0 radical (unpaired) electrons. The van der Waals surface area contributed by atoms with Gasteiger partial charge in [0.1, 0.15) is 4.90 Å². The standard InChI is InChI=1S/C21H20N2O3S/c24-21(18-10-9-16-5-1-2-6-17(16)13-18)19-7-4-12-23(15-19)27(25,26)20-8-3-11-22-14-20/h1-3,5-6,8-11,13-14,19H,4,7,12,15H2/t19-/m1/s1. The van der Waals surface area contributed by atoms with Crippen LogP contribution in [0.5, 0.6) is 0 Å². The van der Waals surface area contributed by atoms with Gasteiger partial charge < -0.3 is 0 Å². The third-order valence-electron chi connectivity index (χ3n) is 5.06. The van der Waals surface area contributed by atoms with Gasteiger partial charge in [-0.15, -0.1) is 0 Å². The fraction of sp³-hybridized carbons (Fsp3) is 0.238. The number of carbonyl (C=O) groups excluding carboxylic acids is 1. The third-order valence-corrected chi connectivity index (χ3v) is 6.91. The monoisotopic (exact) mass is 380 g/mol. The molecule has 1 saturated heterocycles. The van der Waals surface area contributed by atoms with Gasteiger partial charge in [0.25, 0.3) is 0 Å². The maximum absolute atomic E-state index is 13.0. The van der Waals surface area contributed by atoms with Crippen LogP contribution < -0.4 is 0 Å². The van der Waals surface area contributed by atoms with E-state index in [-0.39, 0.29) is 23.1 Å². The Bertz CT molecular complexity index is 1080. The molecule has 1 fully saturated rings. The molecule has 138 valence electrons. The van der Waals surface area contributed by atoms with Gasteiger partial charge in [0.05, 0.1) is 0 Å². The van der Waals surface area contributed by atoms with Gasteiger partial charge in [0.15, 0.2) is 5.78 Å². The Labute approximate surface area is 158 Å². The lowest BCUT2D eigenvalue weighted by Crippen LogP contribution is -2.42. The Kier molecular flexibility index (Phi) is 4.76. The number of benzene rings is 2. The maximum atomic E-state index is 13.0. The van der Waals surface area contributed by atoms with Crippen molar-refractivity contribution in [3.63, 3.8) is 0 Å². The number of rotatable bonds is 4. The first-order chi connectivity index (χ1) is 13.1. The quantitative estimate of drug-likeness (QED) is 0.650. The molecular weight excluding hydrogens is 360 g/mol. The highest BCUT2D eigenvalue weighted by atomic mass is 32.2. The lowest BCUT2D eigenvalue weighted by molar-refractivity contribution is 0.0872. The molecule has 1 aliphatic rings. The molecule has 27 heavy (non-hydrogen) atoms. The van der Waals surface area contributed by atoms with Gasteiger partial charge in [-0.05, 0) is 41.8 Å².